The quantitative estimate of drug-likeness (QED) is 0.147. The molecule has 10 rings (SSSR count). The summed E-state index contributed by atoms with van der Waals surface area (Å²) in [5, 5.41) is 0. The van der Waals surface area contributed by atoms with Crippen LogP contribution in [-0.4, -0.2) is 6.71 Å². The van der Waals surface area contributed by atoms with Gasteiger partial charge in [0.15, 0.2) is 0 Å². The maximum atomic E-state index is 2.64. The maximum absolute atomic E-state index is 2.64. The van der Waals surface area contributed by atoms with E-state index >= 15 is 0 Å². The zero-order chi connectivity index (χ0) is 47.2. The predicted octanol–water partition coefficient (Wildman–Crippen LogP) is 15.7. The minimum absolute atomic E-state index is 0.0188. The molecule has 3 heteroatoms. The van der Waals surface area contributed by atoms with Gasteiger partial charge in [-0.2, -0.15) is 0 Å². The Morgan fingerprint density at radius 2 is 0.761 bits per heavy atom. The van der Waals surface area contributed by atoms with Crippen molar-refractivity contribution in [1.82, 2.24) is 0 Å². The van der Waals surface area contributed by atoms with Gasteiger partial charge in [0.25, 0.3) is 6.71 Å². The van der Waals surface area contributed by atoms with E-state index in [1.165, 1.54) is 133 Å². The van der Waals surface area contributed by atoms with Gasteiger partial charge in [0, 0.05) is 45.0 Å². The molecule has 0 radical (unpaired) electrons. The highest BCUT2D eigenvalue weighted by Gasteiger charge is 2.45. The first-order chi connectivity index (χ1) is 31.8. The van der Waals surface area contributed by atoms with E-state index in [1.807, 2.05) is 0 Å². The Hall–Kier alpha value is -5.80. The van der Waals surface area contributed by atoms with Crippen LogP contribution in [-0.2, 0) is 21.7 Å². The molecule has 0 unspecified atom stereocenters. The lowest BCUT2D eigenvalue weighted by atomic mass is 9.33. The average molecular weight is 879 g/mol. The Morgan fingerprint density at radius 3 is 1.21 bits per heavy atom. The van der Waals surface area contributed by atoms with Crippen molar-refractivity contribution in [3.63, 3.8) is 0 Å². The van der Waals surface area contributed by atoms with Crippen molar-refractivity contribution in [2.24, 2.45) is 0 Å². The van der Waals surface area contributed by atoms with Crippen molar-refractivity contribution in [3.8, 4) is 0 Å². The highest BCUT2D eigenvalue weighted by molar-refractivity contribution is 7.00. The molecule has 0 amide bonds. The molecule has 0 spiro atoms. The van der Waals surface area contributed by atoms with Gasteiger partial charge < -0.3 is 9.80 Å². The summed E-state index contributed by atoms with van der Waals surface area (Å²) in [4.78, 5) is 5.27. The minimum Gasteiger partial charge on any atom is -0.311 e. The van der Waals surface area contributed by atoms with Crippen LogP contribution < -0.4 is 26.2 Å². The van der Waals surface area contributed by atoms with Crippen LogP contribution in [0, 0.1) is 13.8 Å². The number of fused-ring (bicyclic) bond motifs is 4. The van der Waals surface area contributed by atoms with Crippen LogP contribution in [0.15, 0.2) is 146 Å². The summed E-state index contributed by atoms with van der Waals surface area (Å²) in [6, 6.07) is 57.5. The Balaban J connectivity index is 1.26. The summed E-state index contributed by atoms with van der Waals surface area (Å²) >= 11 is 0. The van der Waals surface area contributed by atoms with E-state index in [4.69, 9.17) is 0 Å². The van der Waals surface area contributed by atoms with Crippen molar-refractivity contribution in [2.45, 2.75) is 143 Å². The molecule has 1 aliphatic carbocycles. The fourth-order valence-electron chi connectivity index (χ4n) is 11.5. The molecule has 1 fully saturated rings. The molecule has 67 heavy (non-hydrogen) atoms. The van der Waals surface area contributed by atoms with E-state index in [0.717, 1.165) is 0 Å². The SMILES string of the molecule is Cc1ccc(C(C)(C)c2ccc(N3c4ccc(C(C)(C)c5ccc(C)cc5)cc4B4c5cc(C(C)(C)C)ccc5N(c5ccc(C(C)(C)C)cc5)c5cc(C6CCCCC6)cc3c54)cc2)cc1. The van der Waals surface area contributed by atoms with Gasteiger partial charge in [0.2, 0.25) is 0 Å². The fraction of sp³-hybridized carbons (Fsp3) is 0.344. The summed E-state index contributed by atoms with van der Waals surface area (Å²) in [6.45, 7) is 27.9. The van der Waals surface area contributed by atoms with Crippen LogP contribution >= 0.6 is 0 Å². The highest BCUT2D eigenvalue weighted by atomic mass is 15.2. The Bertz CT molecular complexity index is 2950. The zero-order valence-electron chi connectivity index (χ0n) is 42.4. The van der Waals surface area contributed by atoms with Crippen molar-refractivity contribution in [3.05, 3.63) is 196 Å². The summed E-state index contributed by atoms with van der Waals surface area (Å²) in [5.74, 6) is 0.530. The average Bonchev–Trinajstić information content (AvgIpc) is 3.31. The van der Waals surface area contributed by atoms with Crippen molar-refractivity contribution < 1.29 is 0 Å². The first kappa shape index (κ1) is 45.0. The largest absolute Gasteiger partial charge is 0.311 e. The first-order valence-electron chi connectivity index (χ1n) is 25.2. The predicted molar refractivity (Wildman–Crippen MR) is 290 cm³/mol. The molecular weight excluding hydrogens is 808 g/mol. The van der Waals surface area contributed by atoms with Gasteiger partial charge in [-0.25, -0.2) is 0 Å². The summed E-state index contributed by atoms with van der Waals surface area (Å²) in [7, 11) is 0. The molecule has 0 bridgehead atoms. The molecule has 0 saturated heterocycles. The lowest BCUT2D eigenvalue weighted by molar-refractivity contribution is 0.444. The third-order valence-electron chi connectivity index (χ3n) is 16.1. The number of hydrogen-bond donors (Lipinski definition) is 0. The smallest absolute Gasteiger partial charge is 0.252 e. The maximum Gasteiger partial charge on any atom is 0.252 e. The van der Waals surface area contributed by atoms with E-state index in [0.29, 0.717) is 5.92 Å². The van der Waals surface area contributed by atoms with E-state index < -0.39 is 0 Å². The van der Waals surface area contributed by atoms with Gasteiger partial charge in [-0.05, 0) is 147 Å². The second kappa shape index (κ2) is 16.5. The number of benzene rings is 7. The normalized spacial score (nSPS) is 15.3. The van der Waals surface area contributed by atoms with Gasteiger partial charge in [-0.1, -0.05) is 197 Å². The van der Waals surface area contributed by atoms with E-state index in [9.17, 15) is 0 Å². The molecule has 340 valence electrons. The molecule has 7 aromatic carbocycles. The van der Waals surface area contributed by atoms with Gasteiger partial charge in [0.1, 0.15) is 0 Å². The lowest BCUT2D eigenvalue weighted by Gasteiger charge is -2.45. The van der Waals surface area contributed by atoms with Gasteiger partial charge in [-0.15, -0.1) is 0 Å². The van der Waals surface area contributed by atoms with Crippen LogP contribution in [0.5, 0.6) is 0 Å². The van der Waals surface area contributed by atoms with E-state index in [1.54, 1.807) is 0 Å². The molecule has 2 aliphatic heterocycles. The number of anilines is 6. The van der Waals surface area contributed by atoms with Crippen LogP contribution in [0.3, 0.4) is 0 Å². The summed E-state index contributed by atoms with van der Waals surface area (Å²) in [5.41, 5.74) is 23.5. The van der Waals surface area contributed by atoms with E-state index in [-0.39, 0.29) is 28.4 Å². The minimum atomic E-state index is -0.212. The Kier molecular flexibility index (Phi) is 11.1. The molecule has 2 nitrogen and oxygen atoms in total. The third kappa shape index (κ3) is 7.95. The molecule has 7 aromatic rings. The van der Waals surface area contributed by atoms with Crippen molar-refractivity contribution in [2.75, 3.05) is 9.80 Å². The van der Waals surface area contributed by atoms with Crippen molar-refractivity contribution in [1.29, 1.82) is 0 Å². The molecular formula is C64H71BN2. The fourth-order valence-corrected chi connectivity index (χ4v) is 11.5. The van der Waals surface area contributed by atoms with Crippen LogP contribution in [0.2, 0.25) is 0 Å². The second-order valence-corrected chi connectivity index (χ2v) is 23.5. The third-order valence-corrected chi connectivity index (χ3v) is 16.1. The van der Waals surface area contributed by atoms with Crippen LogP contribution in [0.25, 0.3) is 0 Å². The Morgan fingerprint density at radius 1 is 0.388 bits per heavy atom. The number of aryl methyl sites for hydroxylation is 2. The molecule has 0 atom stereocenters. The number of nitrogens with zero attached hydrogens (tertiary/aromatic N) is 2. The molecule has 1 saturated carbocycles. The van der Waals surface area contributed by atoms with Crippen LogP contribution in [0.1, 0.15) is 157 Å². The second-order valence-electron chi connectivity index (χ2n) is 23.5. The summed E-state index contributed by atoms with van der Waals surface area (Å²) in [6.07, 6.45) is 6.40. The van der Waals surface area contributed by atoms with Crippen LogP contribution in [0.4, 0.5) is 34.1 Å². The monoisotopic (exact) mass is 879 g/mol. The van der Waals surface area contributed by atoms with E-state index in [2.05, 4.69) is 238 Å². The topological polar surface area (TPSA) is 6.48 Å². The number of rotatable bonds is 7. The first-order valence-corrected chi connectivity index (χ1v) is 25.2. The molecule has 0 aromatic heterocycles. The zero-order valence-corrected chi connectivity index (χ0v) is 42.4. The molecule has 0 N–H and O–H groups in total. The summed E-state index contributed by atoms with van der Waals surface area (Å²) < 4.78 is 0. The highest BCUT2D eigenvalue weighted by Crippen LogP contribution is 2.48. The van der Waals surface area contributed by atoms with Crippen molar-refractivity contribution >= 4 is 57.2 Å². The Labute approximate surface area is 403 Å². The molecule has 3 aliphatic rings. The van der Waals surface area contributed by atoms with Gasteiger partial charge >= 0.3 is 0 Å². The van der Waals surface area contributed by atoms with Gasteiger partial charge in [0.05, 0.1) is 0 Å². The molecule has 2 heterocycles. The lowest BCUT2D eigenvalue weighted by Crippen LogP contribution is -2.61. The van der Waals surface area contributed by atoms with Gasteiger partial charge in [-0.3, -0.25) is 0 Å². The standard InChI is InChI=1S/C64H71BN2/c1-42-18-22-47(23-19-42)63(9,10)49-28-34-53(35-29-49)67-57-37-31-51(64(11,12)48-24-20-43(2)21-25-48)41-55(57)65-54-40-50(62(6,7)8)30-36-56(54)66(52-32-26-46(27-33-52)61(3,4)5)58-38-45(39-59(67)60(58)65)44-16-14-13-15-17-44/h18-41,44H,13-17H2,1-12H3. The number of hydrogen-bond acceptors (Lipinski definition) is 2.